The van der Waals surface area contributed by atoms with E-state index in [-0.39, 0.29) is 5.91 Å². The number of nitrogens with two attached hydrogens (primary N) is 1. The molecule has 1 aromatic rings. The van der Waals surface area contributed by atoms with Gasteiger partial charge in [0.05, 0.1) is 6.33 Å². The largest absolute Gasteiger partial charge is 0.382 e. The van der Waals surface area contributed by atoms with Crippen LogP contribution in [-0.2, 0) is 11.3 Å². The van der Waals surface area contributed by atoms with Crippen molar-refractivity contribution in [2.24, 2.45) is 0 Å². The van der Waals surface area contributed by atoms with Crippen molar-refractivity contribution in [3.05, 3.63) is 12.5 Å². The van der Waals surface area contributed by atoms with E-state index < -0.39 is 0 Å². The van der Waals surface area contributed by atoms with Crippen LogP contribution in [0.5, 0.6) is 0 Å². The van der Waals surface area contributed by atoms with Crippen molar-refractivity contribution in [3.8, 4) is 0 Å². The molecule has 1 amide bonds. The summed E-state index contributed by atoms with van der Waals surface area (Å²) in [6, 6.07) is 0. The van der Waals surface area contributed by atoms with Crippen LogP contribution < -0.4 is 5.73 Å². The molecule has 0 fully saturated rings. The van der Waals surface area contributed by atoms with Gasteiger partial charge >= 0.3 is 0 Å². The van der Waals surface area contributed by atoms with Crippen molar-refractivity contribution in [2.45, 2.75) is 20.4 Å². The third kappa shape index (κ3) is 2.48. The molecule has 0 radical (unpaired) electrons. The Hall–Kier alpha value is -1.52. The molecule has 78 valence electrons. The van der Waals surface area contributed by atoms with Crippen LogP contribution >= 0.6 is 0 Å². The minimum atomic E-state index is 0.0902. The monoisotopic (exact) mass is 196 g/mol. The second-order valence-electron chi connectivity index (χ2n) is 3.04. The molecule has 0 spiro atoms. The molecule has 0 aliphatic carbocycles. The van der Waals surface area contributed by atoms with Crippen LogP contribution in [0.25, 0.3) is 0 Å². The highest BCUT2D eigenvalue weighted by Crippen LogP contribution is 1.98. The number of nitrogen functional groups attached to an aromatic ring is 1. The van der Waals surface area contributed by atoms with E-state index in [2.05, 4.69) is 4.98 Å². The summed E-state index contributed by atoms with van der Waals surface area (Å²) in [7, 11) is 0. The van der Waals surface area contributed by atoms with E-state index in [1.165, 1.54) is 0 Å². The molecular formula is C9H16N4O. The Morgan fingerprint density at radius 1 is 1.57 bits per heavy atom. The fourth-order valence-electron chi connectivity index (χ4n) is 1.30. The molecule has 1 heterocycles. The highest BCUT2D eigenvalue weighted by atomic mass is 16.2. The topological polar surface area (TPSA) is 64.2 Å². The number of carbonyl (C=O) groups excluding carboxylic acids is 1. The van der Waals surface area contributed by atoms with Gasteiger partial charge in [-0.3, -0.25) is 4.79 Å². The molecule has 0 saturated heterocycles. The number of imidazole rings is 1. The van der Waals surface area contributed by atoms with Gasteiger partial charge in [0.25, 0.3) is 0 Å². The number of aromatic nitrogens is 2. The van der Waals surface area contributed by atoms with Gasteiger partial charge in [0.15, 0.2) is 0 Å². The van der Waals surface area contributed by atoms with Crippen molar-refractivity contribution in [3.63, 3.8) is 0 Å². The Balaban J connectivity index is 2.56. The zero-order valence-electron chi connectivity index (χ0n) is 8.60. The van der Waals surface area contributed by atoms with Gasteiger partial charge < -0.3 is 15.2 Å². The molecule has 0 bridgehead atoms. The summed E-state index contributed by atoms with van der Waals surface area (Å²) in [5.41, 5.74) is 5.44. The van der Waals surface area contributed by atoms with Gasteiger partial charge in [0.2, 0.25) is 5.91 Å². The number of hydrogen-bond acceptors (Lipinski definition) is 3. The number of likely N-dealkylation sites (N-methyl/N-ethyl adjacent to an activating group) is 1. The molecule has 1 rings (SSSR count). The summed E-state index contributed by atoms with van der Waals surface area (Å²) in [5.74, 6) is 0.532. The smallest absolute Gasteiger partial charge is 0.242 e. The average Bonchev–Trinajstić information content (AvgIpc) is 2.53. The van der Waals surface area contributed by atoms with E-state index in [0.717, 1.165) is 13.1 Å². The lowest BCUT2D eigenvalue weighted by atomic mass is 10.4. The Kier molecular flexibility index (Phi) is 3.50. The van der Waals surface area contributed by atoms with E-state index in [0.29, 0.717) is 12.4 Å². The van der Waals surface area contributed by atoms with Crippen LogP contribution in [0.4, 0.5) is 5.82 Å². The highest BCUT2D eigenvalue weighted by molar-refractivity contribution is 5.75. The molecule has 14 heavy (non-hydrogen) atoms. The van der Waals surface area contributed by atoms with Gasteiger partial charge in [0.1, 0.15) is 12.4 Å². The van der Waals surface area contributed by atoms with Crippen LogP contribution in [0.3, 0.4) is 0 Å². The lowest BCUT2D eigenvalue weighted by Crippen LogP contribution is -2.33. The number of carbonyl (C=O) groups is 1. The minimum Gasteiger partial charge on any atom is -0.382 e. The number of rotatable bonds is 4. The summed E-state index contributed by atoms with van der Waals surface area (Å²) >= 11 is 0. The summed E-state index contributed by atoms with van der Waals surface area (Å²) in [6.45, 7) is 5.71. The van der Waals surface area contributed by atoms with E-state index in [4.69, 9.17) is 5.73 Å². The van der Waals surface area contributed by atoms with Crippen LogP contribution in [0, 0.1) is 0 Å². The number of amides is 1. The number of hydrogen-bond donors (Lipinski definition) is 1. The van der Waals surface area contributed by atoms with Gasteiger partial charge in [-0.2, -0.15) is 0 Å². The summed E-state index contributed by atoms with van der Waals surface area (Å²) < 4.78 is 1.69. The lowest BCUT2D eigenvalue weighted by molar-refractivity contribution is -0.131. The van der Waals surface area contributed by atoms with Gasteiger partial charge in [0, 0.05) is 19.3 Å². The molecule has 1 aromatic heterocycles. The van der Waals surface area contributed by atoms with Crippen LogP contribution in [0.15, 0.2) is 12.5 Å². The predicted molar refractivity (Wildman–Crippen MR) is 54.6 cm³/mol. The van der Waals surface area contributed by atoms with Crippen LogP contribution in [0.2, 0.25) is 0 Å². The minimum absolute atomic E-state index is 0.0902. The Morgan fingerprint density at radius 3 is 2.64 bits per heavy atom. The predicted octanol–water partition coefficient (Wildman–Crippen LogP) is 0.334. The maximum Gasteiger partial charge on any atom is 0.242 e. The molecule has 0 aliphatic rings. The number of nitrogens with zero attached hydrogens (tertiary/aromatic N) is 3. The Morgan fingerprint density at radius 2 is 2.21 bits per heavy atom. The molecule has 0 aromatic carbocycles. The highest BCUT2D eigenvalue weighted by Gasteiger charge is 2.09. The molecule has 0 saturated carbocycles. The van der Waals surface area contributed by atoms with Gasteiger partial charge in [-0.25, -0.2) is 4.98 Å². The zero-order valence-corrected chi connectivity index (χ0v) is 8.60. The quantitative estimate of drug-likeness (QED) is 0.755. The van der Waals surface area contributed by atoms with Gasteiger partial charge in [-0.05, 0) is 13.8 Å². The second-order valence-corrected chi connectivity index (χ2v) is 3.04. The molecular weight excluding hydrogens is 180 g/mol. The Bertz CT molecular complexity index is 304. The second kappa shape index (κ2) is 4.64. The number of anilines is 1. The van der Waals surface area contributed by atoms with Crippen molar-refractivity contribution < 1.29 is 4.79 Å². The van der Waals surface area contributed by atoms with Crippen LogP contribution in [-0.4, -0.2) is 33.4 Å². The molecule has 0 atom stereocenters. The fraction of sp³-hybridized carbons (Fsp3) is 0.556. The lowest BCUT2D eigenvalue weighted by Gasteiger charge is -2.18. The molecule has 2 N–H and O–H groups in total. The first-order chi connectivity index (χ1) is 6.67. The first-order valence-electron chi connectivity index (χ1n) is 4.72. The normalized spacial score (nSPS) is 10.1. The summed E-state index contributed by atoms with van der Waals surface area (Å²) in [6.07, 6.45) is 3.22. The van der Waals surface area contributed by atoms with Crippen molar-refractivity contribution in [1.29, 1.82) is 0 Å². The maximum atomic E-state index is 11.6. The van der Waals surface area contributed by atoms with E-state index in [1.807, 2.05) is 13.8 Å². The zero-order chi connectivity index (χ0) is 10.6. The third-order valence-corrected chi connectivity index (χ3v) is 2.09. The van der Waals surface area contributed by atoms with Gasteiger partial charge in [-0.15, -0.1) is 0 Å². The van der Waals surface area contributed by atoms with Crippen LogP contribution in [0.1, 0.15) is 13.8 Å². The van der Waals surface area contributed by atoms with E-state index in [1.54, 1.807) is 22.0 Å². The summed E-state index contributed by atoms with van der Waals surface area (Å²) in [4.78, 5) is 17.2. The first kappa shape index (κ1) is 10.6. The SMILES string of the molecule is CCN(CC)C(=O)Cn1cnc(N)c1. The molecule has 0 aliphatic heterocycles. The molecule has 5 heteroatoms. The fourth-order valence-corrected chi connectivity index (χ4v) is 1.30. The van der Waals surface area contributed by atoms with Crippen molar-refractivity contribution in [1.82, 2.24) is 14.5 Å². The standard InChI is InChI=1S/C9H16N4O/c1-3-13(4-2)9(14)6-12-5-8(10)11-7-12/h5,7H,3-4,6,10H2,1-2H3. The van der Waals surface area contributed by atoms with E-state index in [9.17, 15) is 4.79 Å². The van der Waals surface area contributed by atoms with Crippen molar-refractivity contribution in [2.75, 3.05) is 18.8 Å². The van der Waals surface area contributed by atoms with Gasteiger partial charge in [-0.1, -0.05) is 0 Å². The average molecular weight is 196 g/mol. The maximum absolute atomic E-state index is 11.6. The third-order valence-electron chi connectivity index (χ3n) is 2.09. The van der Waals surface area contributed by atoms with Crippen molar-refractivity contribution >= 4 is 11.7 Å². The first-order valence-corrected chi connectivity index (χ1v) is 4.72. The summed E-state index contributed by atoms with van der Waals surface area (Å²) in [5, 5.41) is 0. The Labute approximate surface area is 83.5 Å². The molecule has 5 nitrogen and oxygen atoms in total. The molecule has 0 unspecified atom stereocenters. The van der Waals surface area contributed by atoms with E-state index >= 15 is 0 Å².